The second kappa shape index (κ2) is 25.7. The molecule has 0 radical (unpaired) electrons. The summed E-state index contributed by atoms with van der Waals surface area (Å²) in [6.45, 7) is 13.6. The highest BCUT2D eigenvalue weighted by molar-refractivity contribution is 5.72. The largest absolute Gasteiger partial charge is 0.465 e. The van der Waals surface area contributed by atoms with Crippen molar-refractivity contribution < 1.29 is 19.1 Å². The number of carbonyl (C=O) groups is 2. The van der Waals surface area contributed by atoms with E-state index in [-0.39, 0.29) is 24.1 Å². The first-order chi connectivity index (χ1) is 18.7. The quantitative estimate of drug-likeness (QED) is 0.0632. The Bertz CT molecular complexity index is 577. The minimum absolute atomic E-state index is 0.00918. The molecular weight excluding hydrogens is 488 g/mol. The molecule has 0 heterocycles. The molecule has 0 bridgehead atoms. The number of hydrogen-bond acceptors (Lipinski definition) is 5. The minimum atomic E-state index is -0.505. The molecule has 0 aromatic rings. The fourth-order valence-electron chi connectivity index (χ4n) is 4.83. The molecule has 0 spiro atoms. The van der Waals surface area contributed by atoms with Gasteiger partial charge < -0.3 is 14.8 Å². The van der Waals surface area contributed by atoms with Crippen LogP contribution >= 0.6 is 0 Å². The van der Waals surface area contributed by atoms with Gasteiger partial charge in [0.1, 0.15) is 5.60 Å². The first-order valence-corrected chi connectivity index (χ1v) is 16.6. The summed E-state index contributed by atoms with van der Waals surface area (Å²) in [7, 11) is 0. The van der Waals surface area contributed by atoms with Crippen LogP contribution in [0.2, 0.25) is 0 Å². The van der Waals surface area contributed by atoms with Crippen molar-refractivity contribution in [2.24, 2.45) is 5.92 Å². The van der Waals surface area contributed by atoms with Gasteiger partial charge in [0.05, 0.1) is 18.7 Å². The van der Waals surface area contributed by atoms with Crippen molar-refractivity contribution in [1.82, 2.24) is 10.6 Å². The second-order valence-corrected chi connectivity index (χ2v) is 12.3. The highest BCUT2D eigenvalue weighted by Crippen LogP contribution is 2.20. The summed E-state index contributed by atoms with van der Waals surface area (Å²) >= 11 is 0. The molecule has 0 rings (SSSR count). The Kier molecular flexibility index (Phi) is 24.8. The van der Waals surface area contributed by atoms with Crippen LogP contribution in [0.25, 0.3) is 0 Å². The van der Waals surface area contributed by atoms with E-state index < -0.39 is 5.60 Å². The molecule has 0 aromatic carbocycles. The lowest BCUT2D eigenvalue weighted by molar-refractivity contribution is -0.149. The number of hydrogen-bond donors (Lipinski definition) is 2. The Hall–Kier alpha value is -1.30. The molecule has 0 aliphatic heterocycles. The van der Waals surface area contributed by atoms with Gasteiger partial charge in [-0.3, -0.25) is 10.1 Å². The van der Waals surface area contributed by atoms with E-state index in [4.69, 9.17) is 9.47 Å². The summed E-state index contributed by atoms with van der Waals surface area (Å²) in [5.41, 5.74) is -0.505. The monoisotopic (exact) mass is 555 g/mol. The maximum absolute atomic E-state index is 12.9. The smallest absolute Gasteiger partial charge is 0.408 e. The van der Waals surface area contributed by atoms with E-state index >= 15 is 0 Å². The zero-order valence-electron chi connectivity index (χ0n) is 26.8. The molecule has 39 heavy (non-hydrogen) atoms. The normalized spacial score (nSPS) is 13.2. The van der Waals surface area contributed by atoms with Crippen LogP contribution in [-0.2, 0) is 14.3 Å². The van der Waals surface area contributed by atoms with Crippen LogP contribution < -0.4 is 10.6 Å². The maximum atomic E-state index is 12.9. The zero-order chi connectivity index (χ0) is 29.2. The van der Waals surface area contributed by atoms with Crippen molar-refractivity contribution in [2.75, 3.05) is 13.2 Å². The van der Waals surface area contributed by atoms with Crippen molar-refractivity contribution in [3.63, 3.8) is 0 Å². The predicted molar refractivity (Wildman–Crippen MR) is 165 cm³/mol. The van der Waals surface area contributed by atoms with Crippen molar-refractivity contribution in [1.29, 1.82) is 0 Å². The van der Waals surface area contributed by atoms with Gasteiger partial charge in [-0.05, 0) is 59.4 Å². The lowest BCUT2D eigenvalue weighted by Gasteiger charge is -2.24. The molecular formula is C33H66N2O4. The Labute approximate surface area is 242 Å². The van der Waals surface area contributed by atoms with E-state index in [2.05, 4.69) is 31.4 Å². The molecule has 0 aliphatic carbocycles. The topological polar surface area (TPSA) is 76.7 Å². The average molecular weight is 555 g/mol. The second-order valence-electron chi connectivity index (χ2n) is 12.3. The number of nitrogens with one attached hydrogen (secondary N) is 2. The Morgan fingerprint density at radius 3 is 1.69 bits per heavy atom. The van der Waals surface area contributed by atoms with E-state index in [0.29, 0.717) is 6.61 Å². The lowest BCUT2D eigenvalue weighted by atomic mass is 9.95. The Morgan fingerprint density at radius 2 is 1.15 bits per heavy atom. The standard InChI is InChI=1S/C33H66N2O4/c1-7-10-12-14-16-17-19-23-28-38-31(36)29(25-20-18-15-13-11-8-2)26-21-22-27-34-30(24-9-3)35-32(37)39-33(4,5)6/h29-30,34H,7-28H2,1-6H3,(H,35,37). The summed E-state index contributed by atoms with van der Waals surface area (Å²) in [5, 5.41) is 6.40. The molecule has 232 valence electrons. The molecule has 0 fully saturated rings. The van der Waals surface area contributed by atoms with Gasteiger partial charge in [0.2, 0.25) is 0 Å². The number of amides is 1. The minimum Gasteiger partial charge on any atom is -0.465 e. The van der Waals surface area contributed by atoms with Gasteiger partial charge in [0.25, 0.3) is 0 Å². The van der Waals surface area contributed by atoms with E-state index in [1.54, 1.807) is 0 Å². The summed E-state index contributed by atoms with van der Waals surface area (Å²) in [4.78, 5) is 25.1. The lowest BCUT2D eigenvalue weighted by Crippen LogP contribution is -2.47. The van der Waals surface area contributed by atoms with Crippen LogP contribution in [0.3, 0.4) is 0 Å². The highest BCUT2D eigenvalue weighted by Gasteiger charge is 2.20. The number of alkyl carbamates (subject to hydrolysis) is 1. The van der Waals surface area contributed by atoms with E-state index in [1.807, 2.05) is 20.8 Å². The van der Waals surface area contributed by atoms with Crippen LogP contribution in [0.1, 0.15) is 170 Å². The van der Waals surface area contributed by atoms with Gasteiger partial charge in [-0.2, -0.15) is 0 Å². The van der Waals surface area contributed by atoms with E-state index in [9.17, 15) is 9.59 Å². The maximum Gasteiger partial charge on any atom is 0.408 e. The molecule has 0 saturated heterocycles. The fraction of sp³-hybridized carbons (Fsp3) is 0.939. The summed E-state index contributed by atoms with van der Waals surface area (Å²) in [5.74, 6) is 0.0199. The van der Waals surface area contributed by atoms with Gasteiger partial charge in [-0.1, -0.05) is 117 Å². The van der Waals surface area contributed by atoms with Gasteiger partial charge in [0, 0.05) is 0 Å². The van der Waals surface area contributed by atoms with Gasteiger partial charge in [-0.25, -0.2) is 4.79 Å². The van der Waals surface area contributed by atoms with E-state index in [0.717, 1.165) is 64.3 Å². The molecule has 0 aliphatic rings. The van der Waals surface area contributed by atoms with Crippen LogP contribution in [0.5, 0.6) is 0 Å². The Balaban J connectivity index is 4.42. The number of rotatable bonds is 26. The molecule has 0 aromatic heterocycles. The molecule has 2 N–H and O–H groups in total. The SMILES string of the molecule is CCCCCCCCCCOC(=O)C(CCCCCCCC)CCCCNC(CCC)NC(=O)OC(C)(C)C. The number of unbranched alkanes of at least 4 members (excludes halogenated alkanes) is 13. The van der Waals surface area contributed by atoms with Crippen LogP contribution in [-0.4, -0.2) is 37.0 Å². The molecule has 6 nitrogen and oxygen atoms in total. The third-order valence-electron chi connectivity index (χ3n) is 7.12. The van der Waals surface area contributed by atoms with Crippen molar-refractivity contribution in [3.8, 4) is 0 Å². The molecule has 2 atom stereocenters. The molecule has 2 unspecified atom stereocenters. The molecule has 0 saturated carbocycles. The number of esters is 1. The van der Waals surface area contributed by atoms with Gasteiger partial charge in [0.15, 0.2) is 0 Å². The third-order valence-corrected chi connectivity index (χ3v) is 7.12. The first-order valence-electron chi connectivity index (χ1n) is 16.6. The molecule has 1 amide bonds. The van der Waals surface area contributed by atoms with Crippen LogP contribution in [0.15, 0.2) is 0 Å². The number of ether oxygens (including phenoxy) is 2. The molecule has 6 heteroatoms. The van der Waals surface area contributed by atoms with E-state index in [1.165, 1.54) is 70.6 Å². The fourth-order valence-corrected chi connectivity index (χ4v) is 4.83. The summed E-state index contributed by atoms with van der Waals surface area (Å²) < 4.78 is 11.1. The van der Waals surface area contributed by atoms with Gasteiger partial charge in [-0.15, -0.1) is 0 Å². The first kappa shape index (κ1) is 37.7. The summed E-state index contributed by atoms with van der Waals surface area (Å²) in [6, 6.07) is 0. The van der Waals surface area contributed by atoms with Crippen LogP contribution in [0, 0.1) is 5.92 Å². The zero-order valence-corrected chi connectivity index (χ0v) is 26.8. The third kappa shape index (κ3) is 25.4. The van der Waals surface area contributed by atoms with Crippen molar-refractivity contribution in [3.05, 3.63) is 0 Å². The Morgan fingerprint density at radius 1 is 0.641 bits per heavy atom. The van der Waals surface area contributed by atoms with Crippen molar-refractivity contribution >= 4 is 12.1 Å². The average Bonchev–Trinajstić information content (AvgIpc) is 2.87. The van der Waals surface area contributed by atoms with Crippen LogP contribution in [0.4, 0.5) is 4.79 Å². The number of carbonyl (C=O) groups excluding carboxylic acids is 2. The summed E-state index contributed by atoms with van der Waals surface area (Å²) in [6.07, 6.45) is 22.5. The predicted octanol–water partition coefficient (Wildman–Crippen LogP) is 9.45. The van der Waals surface area contributed by atoms with Gasteiger partial charge >= 0.3 is 12.1 Å². The highest BCUT2D eigenvalue weighted by atomic mass is 16.6. The van der Waals surface area contributed by atoms with Crippen molar-refractivity contribution in [2.45, 2.75) is 182 Å².